The highest BCUT2D eigenvalue weighted by molar-refractivity contribution is 5.85. The molecule has 0 aliphatic carbocycles. The van der Waals surface area contributed by atoms with Gasteiger partial charge < -0.3 is 10.0 Å². The Morgan fingerprint density at radius 2 is 2.00 bits per heavy atom. The second-order valence-electron chi connectivity index (χ2n) is 8.26. The van der Waals surface area contributed by atoms with E-state index in [0.29, 0.717) is 39.3 Å². The summed E-state index contributed by atoms with van der Waals surface area (Å²) in [5.41, 5.74) is 2.38. The largest absolute Gasteiger partial charge is 0.506 e. The molecule has 7 nitrogen and oxygen atoms in total. The standard InChI is InChI=1S/C23H23FN6O/c1-14-4-3-7-30(12-14)21-6-5-19(26-27-21)23-20(31)10-16(11-25-23)15-8-17-13-29(2)28-22(17)18(24)9-15/h5-6,8-11,13-14,31H,3-4,7,12H2,1-2H3/t14-/m1/s1. The van der Waals surface area contributed by atoms with E-state index in [-0.39, 0.29) is 5.75 Å². The van der Waals surface area contributed by atoms with Crippen LogP contribution in [0.1, 0.15) is 19.8 Å². The Morgan fingerprint density at radius 3 is 2.74 bits per heavy atom. The Kier molecular flexibility index (Phi) is 4.77. The topological polar surface area (TPSA) is 80.0 Å². The zero-order chi connectivity index (χ0) is 21.5. The van der Waals surface area contributed by atoms with Crippen LogP contribution in [0.15, 0.2) is 42.7 Å². The second kappa shape index (κ2) is 7.61. The van der Waals surface area contributed by atoms with Crippen molar-refractivity contribution in [1.82, 2.24) is 25.0 Å². The van der Waals surface area contributed by atoms with E-state index in [0.717, 1.165) is 25.3 Å². The fourth-order valence-electron chi connectivity index (χ4n) is 4.20. The van der Waals surface area contributed by atoms with Crippen molar-refractivity contribution < 1.29 is 9.50 Å². The summed E-state index contributed by atoms with van der Waals surface area (Å²) >= 11 is 0. The molecule has 1 N–H and O–H groups in total. The van der Waals surface area contributed by atoms with Gasteiger partial charge in [0.1, 0.15) is 22.7 Å². The molecule has 1 atom stereocenters. The maximum Gasteiger partial charge on any atom is 0.151 e. The third-order valence-electron chi connectivity index (χ3n) is 5.75. The summed E-state index contributed by atoms with van der Waals surface area (Å²) in [6.45, 7) is 4.20. The second-order valence-corrected chi connectivity index (χ2v) is 8.26. The monoisotopic (exact) mass is 418 g/mol. The highest BCUT2D eigenvalue weighted by atomic mass is 19.1. The fraction of sp³-hybridized carbons (Fsp3) is 0.304. The van der Waals surface area contributed by atoms with E-state index in [2.05, 4.69) is 32.1 Å². The van der Waals surface area contributed by atoms with Crippen LogP contribution in [0.2, 0.25) is 0 Å². The normalized spacial score (nSPS) is 16.7. The van der Waals surface area contributed by atoms with Crippen LogP contribution in [0, 0.1) is 11.7 Å². The lowest BCUT2D eigenvalue weighted by Gasteiger charge is -2.31. The molecule has 0 saturated carbocycles. The first-order valence-electron chi connectivity index (χ1n) is 10.4. The molecular weight excluding hydrogens is 395 g/mol. The van der Waals surface area contributed by atoms with E-state index in [4.69, 9.17) is 0 Å². The summed E-state index contributed by atoms with van der Waals surface area (Å²) in [5.74, 6) is 1.04. The number of fused-ring (bicyclic) bond motifs is 1. The zero-order valence-electron chi connectivity index (χ0n) is 17.5. The van der Waals surface area contributed by atoms with Crippen LogP contribution in [0.3, 0.4) is 0 Å². The minimum atomic E-state index is -0.412. The first kappa shape index (κ1) is 19.4. The molecule has 0 radical (unpaired) electrons. The number of nitrogens with zero attached hydrogens (tertiary/aromatic N) is 6. The number of pyridine rings is 1. The molecular formula is C23H23FN6O. The Hall–Kier alpha value is -3.55. The van der Waals surface area contributed by atoms with E-state index >= 15 is 0 Å². The minimum absolute atomic E-state index is 0.0298. The van der Waals surface area contributed by atoms with Crippen molar-refractivity contribution >= 4 is 16.7 Å². The van der Waals surface area contributed by atoms with Crippen LogP contribution >= 0.6 is 0 Å². The van der Waals surface area contributed by atoms with Gasteiger partial charge in [-0.2, -0.15) is 5.10 Å². The van der Waals surface area contributed by atoms with Gasteiger partial charge in [0.05, 0.1) is 0 Å². The lowest BCUT2D eigenvalue weighted by Crippen LogP contribution is -2.34. The molecule has 0 unspecified atom stereocenters. The number of anilines is 1. The SMILES string of the molecule is C[C@@H]1CCCN(c2ccc(-c3ncc(-c4cc(F)c5nn(C)cc5c4)cc3O)nn2)C1. The first-order valence-corrected chi connectivity index (χ1v) is 10.4. The number of rotatable bonds is 3. The number of halogens is 1. The molecule has 3 aromatic heterocycles. The minimum Gasteiger partial charge on any atom is -0.506 e. The molecule has 0 bridgehead atoms. The van der Waals surface area contributed by atoms with Gasteiger partial charge in [0, 0.05) is 43.5 Å². The average molecular weight is 418 g/mol. The van der Waals surface area contributed by atoms with Crippen molar-refractivity contribution in [3.8, 4) is 28.3 Å². The maximum atomic E-state index is 14.4. The van der Waals surface area contributed by atoms with Crippen molar-refractivity contribution in [2.75, 3.05) is 18.0 Å². The number of aromatic hydroxyl groups is 1. The maximum absolute atomic E-state index is 14.4. The highest BCUT2D eigenvalue weighted by Gasteiger charge is 2.19. The molecule has 4 heterocycles. The Morgan fingerprint density at radius 1 is 1.13 bits per heavy atom. The van der Waals surface area contributed by atoms with Crippen molar-refractivity contribution in [2.45, 2.75) is 19.8 Å². The molecule has 1 saturated heterocycles. The molecule has 4 aromatic rings. The fourth-order valence-corrected chi connectivity index (χ4v) is 4.20. The third kappa shape index (κ3) is 3.69. The van der Waals surface area contributed by atoms with Crippen LogP contribution < -0.4 is 4.90 Å². The summed E-state index contributed by atoms with van der Waals surface area (Å²) in [4.78, 5) is 6.63. The molecule has 1 fully saturated rings. The summed E-state index contributed by atoms with van der Waals surface area (Å²) in [6, 6.07) is 8.54. The molecule has 31 heavy (non-hydrogen) atoms. The number of aryl methyl sites for hydroxylation is 1. The van der Waals surface area contributed by atoms with Gasteiger partial charge in [0.25, 0.3) is 0 Å². The van der Waals surface area contributed by atoms with Crippen molar-refractivity contribution in [3.05, 3.63) is 48.5 Å². The quantitative estimate of drug-likeness (QED) is 0.538. The van der Waals surface area contributed by atoms with E-state index in [1.54, 1.807) is 30.2 Å². The van der Waals surface area contributed by atoms with Crippen LogP contribution in [0.4, 0.5) is 10.2 Å². The van der Waals surface area contributed by atoms with Gasteiger partial charge in [-0.1, -0.05) is 6.92 Å². The van der Waals surface area contributed by atoms with Gasteiger partial charge in [0.2, 0.25) is 0 Å². The van der Waals surface area contributed by atoms with Gasteiger partial charge in [-0.05, 0) is 54.7 Å². The Labute approximate surface area is 179 Å². The summed E-state index contributed by atoms with van der Waals surface area (Å²) < 4.78 is 16.0. The predicted molar refractivity (Wildman–Crippen MR) is 117 cm³/mol. The van der Waals surface area contributed by atoms with Gasteiger partial charge in [-0.15, -0.1) is 10.2 Å². The molecule has 158 valence electrons. The number of benzene rings is 1. The van der Waals surface area contributed by atoms with Crippen molar-refractivity contribution in [1.29, 1.82) is 0 Å². The van der Waals surface area contributed by atoms with E-state index in [1.807, 2.05) is 18.2 Å². The summed E-state index contributed by atoms with van der Waals surface area (Å²) in [6.07, 6.45) is 5.75. The first-order chi connectivity index (χ1) is 15.0. The van der Waals surface area contributed by atoms with E-state index in [1.165, 1.54) is 12.5 Å². The van der Waals surface area contributed by atoms with Gasteiger partial charge >= 0.3 is 0 Å². The molecule has 1 aromatic carbocycles. The molecule has 5 rings (SSSR count). The third-order valence-corrected chi connectivity index (χ3v) is 5.75. The smallest absolute Gasteiger partial charge is 0.151 e. The number of piperidine rings is 1. The number of aromatic nitrogens is 5. The van der Waals surface area contributed by atoms with Gasteiger partial charge in [-0.3, -0.25) is 4.68 Å². The lowest BCUT2D eigenvalue weighted by atomic mass is 10.0. The van der Waals surface area contributed by atoms with E-state index < -0.39 is 5.82 Å². The molecule has 8 heteroatoms. The number of hydrogen-bond donors (Lipinski definition) is 1. The molecule has 1 aliphatic rings. The Balaban J connectivity index is 1.43. The predicted octanol–water partition coefficient (Wildman–Crippen LogP) is 4.17. The van der Waals surface area contributed by atoms with Crippen LogP contribution in [-0.2, 0) is 7.05 Å². The highest BCUT2D eigenvalue weighted by Crippen LogP contribution is 2.32. The number of hydrogen-bond acceptors (Lipinski definition) is 6. The average Bonchev–Trinajstić information content (AvgIpc) is 3.15. The lowest BCUT2D eigenvalue weighted by molar-refractivity contribution is 0.443. The Bertz CT molecular complexity index is 1250. The van der Waals surface area contributed by atoms with Crippen molar-refractivity contribution in [2.24, 2.45) is 13.0 Å². The molecule has 0 amide bonds. The summed E-state index contributed by atoms with van der Waals surface area (Å²) in [5, 5.41) is 24.0. The van der Waals surface area contributed by atoms with E-state index in [9.17, 15) is 9.50 Å². The van der Waals surface area contributed by atoms with Crippen LogP contribution in [0.25, 0.3) is 33.4 Å². The van der Waals surface area contributed by atoms with Gasteiger partial charge in [0.15, 0.2) is 11.6 Å². The summed E-state index contributed by atoms with van der Waals surface area (Å²) in [7, 11) is 1.75. The zero-order valence-corrected chi connectivity index (χ0v) is 17.5. The molecule has 1 aliphatic heterocycles. The molecule has 0 spiro atoms. The van der Waals surface area contributed by atoms with Crippen LogP contribution in [0.5, 0.6) is 5.75 Å². The van der Waals surface area contributed by atoms with Crippen LogP contribution in [-0.4, -0.2) is 43.2 Å². The van der Waals surface area contributed by atoms with Gasteiger partial charge in [-0.25, -0.2) is 9.37 Å². The van der Waals surface area contributed by atoms with Crippen molar-refractivity contribution in [3.63, 3.8) is 0 Å².